The summed E-state index contributed by atoms with van der Waals surface area (Å²) >= 11 is 0. The quantitative estimate of drug-likeness (QED) is 0.857. The summed E-state index contributed by atoms with van der Waals surface area (Å²) in [6.45, 7) is 7.56. The van der Waals surface area contributed by atoms with Crippen molar-refractivity contribution in [1.29, 1.82) is 0 Å². The topological polar surface area (TPSA) is 50.7 Å². The Labute approximate surface area is 114 Å². The van der Waals surface area contributed by atoms with Crippen LogP contribution in [0.4, 0.5) is 0 Å². The molecule has 1 aliphatic heterocycles. The van der Waals surface area contributed by atoms with Gasteiger partial charge in [0.2, 0.25) is 0 Å². The molecule has 19 heavy (non-hydrogen) atoms. The molecule has 0 saturated carbocycles. The first-order valence-electron chi connectivity index (χ1n) is 6.86. The van der Waals surface area contributed by atoms with Gasteiger partial charge in [0.15, 0.2) is 0 Å². The molecular weight excluding hydrogens is 242 g/mol. The third-order valence-corrected chi connectivity index (χ3v) is 3.25. The number of aliphatic hydroxyl groups excluding tert-OH is 1. The van der Waals surface area contributed by atoms with E-state index in [2.05, 4.69) is 26.1 Å². The molecule has 0 fully saturated rings. The molecule has 1 aliphatic rings. The lowest BCUT2D eigenvalue weighted by molar-refractivity contribution is 0.0659. The zero-order valence-electron chi connectivity index (χ0n) is 11.9. The molecule has 2 N–H and O–H groups in total. The Bertz CT molecular complexity index is 431. The second kappa shape index (κ2) is 5.80. The minimum absolute atomic E-state index is 0.0173. The molecule has 2 rings (SSSR count). The molecule has 4 heteroatoms. The van der Waals surface area contributed by atoms with Gasteiger partial charge in [0.05, 0.1) is 6.61 Å². The average molecular weight is 265 g/mol. The van der Waals surface area contributed by atoms with Crippen molar-refractivity contribution < 1.29 is 14.6 Å². The number of benzene rings is 1. The average Bonchev–Trinajstić information content (AvgIpc) is 2.35. The van der Waals surface area contributed by atoms with Crippen LogP contribution in [0.2, 0.25) is 0 Å². The van der Waals surface area contributed by atoms with Crippen LogP contribution >= 0.6 is 0 Å². The van der Waals surface area contributed by atoms with Crippen molar-refractivity contribution in [2.75, 3.05) is 19.8 Å². The van der Waals surface area contributed by atoms with Crippen molar-refractivity contribution in [2.24, 2.45) is 0 Å². The normalized spacial score (nSPS) is 20.5. The van der Waals surface area contributed by atoms with Crippen LogP contribution in [0, 0.1) is 0 Å². The molecule has 0 bridgehead atoms. The Hall–Kier alpha value is -1.26. The van der Waals surface area contributed by atoms with E-state index in [1.54, 1.807) is 0 Å². The van der Waals surface area contributed by atoms with E-state index in [9.17, 15) is 0 Å². The zero-order valence-corrected chi connectivity index (χ0v) is 11.9. The van der Waals surface area contributed by atoms with E-state index < -0.39 is 0 Å². The first-order chi connectivity index (χ1) is 9.05. The van der Waals surface area contributed by atoms with Gasteiger partial charge in [-0.15, -0.1) is 0 Å². The number of hydrogen-bond donors (Lipinski definition) is 2. The van der Waals surface area contributed by atoms with E-state index in [1.807, 2.05) is 18.2 Å². The molecule has 0 saturated heterocycles. The lowest BCUT2D eigenvalue weighted by Crippen LogP contribution is -2.39. The Morgan fingerprint density at radius 3 is 2.95 bits per heavy atom. The van der Waals surface area contributed by atoms with E-state index in [-0.39, 0.29) is 12.2 Å². The molecule has 1 aromatic rings. The minimum Gasteiger partial charge on any atom is -0.491 e. The van der Waals surface area contributed by atoms with E-state index in [1.165, 1.54) is 5.56 Å². The number of fused-ring (bicyclic) bond motifs is 1. The molecule has 0 radical (unpaired) electrons. The zero-order chi connectivity index (χ0) is 13.9. The fourth-order valence-electron chi connectivity index (χ4n) is 2.51. The highest BCUT2D eigenvalue weighted by Crippen LogP contribution is 2.41. The first-order valence-corrected chi connectivity index (χ1v) is 6.86. The van der Waals surface area contributed by atoms with Crippen molar-refractivity contribution in [3.8, 4) is 11.5 Å². The Morgan fingerprint density at radius 2 is 2.26 bits per heavy atom. The molecule has 1 atom stereocenters. The summed E-state index contributed by atoms with van der Waals surface area (Å²) in [4.78, 5) is 0. The van der Waals surface area contributed by atoms with Gasteiger partial charge in [0, 0.05) is 24.1 Å². The van der Waals surface area contributed by atoms with E-state index in [4.69, 9.17) is 14.6 Å². The van der Waals surface area contributed by atoms with E-state index >= 15 is 0 Å². The number of hydrogen-bond acceptors (Lipinski definition) is 4. The molecule has 0 spiro atoms. The fraction of sp³-hybridized carbons (Fsp3) is 0.600. The van der Waals surface area contributed by atoms with Gasteiger partial charge in [-0.2, -0.15) is 0 Å². The lowest BCUT2D eigenvalue weighted by atomic mass is 9.89. The summed E-state index contributed by atoms with van der Waals surface area (Å²) in [5.74, 6) is 1.61. The van der Waals surface area contributed by atoms with Gasteiger partial charge in [0.1, 0.15) is 23.7 Å². The maximum absolute atomic E-state index is 8.79. The summed E-state index contributed by atoms with van der Waals surface area (Å²) < 4.78 is 11.5. The minimum atomic E-state index is -0.185. The number of aliphatic hydroxyl groups is 1. The molecule has 0 aromatic heterocycles. The van der Waals surface area contributed by atoms with Crippen molar-refractivity contribution in [2.45, 2.75) is 38.8 Å². The molecule has 1 heterocycles. The molecule has 1 aromatic carbocycles. The summed E-state index contributed by atoms with van der Waals surface area (Å²) in [5.41, 5.74) is 0.993. The third kappa shape index (κ3) is 3.39. The first kappa shape index (κ1) is 14.2. The number of ether oxygens (including phenoxy) is 2. The lowest BCUT2D eigenvalue weighted by Gasteiger charge is -2.38. The number of nitrogens with one attached hydrogen (secondary N) is 1. The van der Waals surface area contributed by atoms with Crippen LogP contribution < -0.4 is 14.8 Å². The molecule has 0 aliphatic carbocycles. The molecule has 4 nitrogen and oxygen atoms in total. The van der Waals surface area contributed by atoms with Gasteiger partial charge < -0.3 is 19.9 Å². The molecule has 106 valence electrons. The molecule has 0 amide bonds. The van der Waals surface area contributed by atoms with Gasteiger partial charge >= 0.3 is 0 Å². The maximum atomic E-state index is 8.79. The second-order valence-corrected chi connectivity index (χ2v) is 5.45. The van der Waals surface area contributed by atoms with E-state index in [0.29, 0.717) is 12.6 Å². The van der Waals surface area contributed by atoms with Gasteiger partial charge in [-0.05, 0) is 26.5 Å². The SMILES string of the molecule is CCNC1CC(C)(C)Oc2cc(OCCO)ccc21. The van der Waals surface area contributed by atoms with Crippen LogP contribution in [0.3, 0.4) is 0 Å². The maximum Gasteiger partial charge on any atom is 0.128 e. The Morgan fingerprint density at radius 1 is 1.47 bits per heavy atom. The van der Waals surface area contributed by atoms with Crippen LogP contribution in [0.15, 0.2) is 18.2 Å². The molecular formula is C15H23NO3. The van der Waals surface area contributed by atoms with Gasteiger partial charge in [0.25, 0.3) is 0 Å². The highest BCUT2D eigenvalue weighted by molar-refractivity contribution is 5.44. The van der Waals surface area contributed by atoms with Gasteiger partial charge in [-0.25, -0.2) is 0 Å². The predicted molar refractivity (Wildman–Crippen MR) is 74.8 cm³/mol. The monoisotopic (exact) mass is 265 g/mol. The highest BCUT2D eigenvalue weighted by atomic mass is 16.5. The fourth-order valence-corrected chi connectivity index (χ4v) is 2.51. The van der Waals surface area contributed by atoms with Gasteiger partial charge in [-0.1, -0.05) is 13.0 Å². The summed E-state index contributed by atoms with van der Waals surface area (Å²) in [6, 6.07) is 6.21. The summed E-state index contributed by atoms with van der Waals surface area (Å²) in [7, 11) is 0. The van der Waals surface area contributed by atoms with Gasteiger partial charge in [-0.3, -0.25) is 0 Å². The smallest absolute Gasteiger partial charge is 0.128 e. The standard InChI is InChI=1S/C15H23NO3/c1-4-16-13-10-15(2,3)19-14-9-11(18-8-7-17)5-6-12(13)14/h5-6,9,13,16-17H,4,7-8,10H2,1-3H3. The van der Waals surface area contributed by atoms with Crippen molar-refractivity contribution in [3.63, 3.8) is 0 Å². The predicted octanol–water partition coefficient (Wildman–Crippen LogP) is 2.27. The summed E-state index contributed by atoms with van der Waals surface area (Å²) in [6.07, 6.45) is 0.949. The van der Waals surface area contributed by atoms with Crippen LogP contribution in [0.25, 0.3) is 0 Å². The van der Waals surface area contributed by atoms with Crippen molar-refractivity contribution in [1.82, 2.24) is 5.32 Å². The van der Waals surface area contributed by atoms with Crippen LogP contribution in [0.5, 0.6) is 11.5 Å². The largest absolute Gasteiger partial charge is 0.491 e. The van der Waals surface area contributed by atoms with E-state index in [0.717, 1.165) is 24.5 Å². The Kier molecular flexibility index (Phi) is 4.32. The third-order valence-electron chi connectivity index (χ3n) is 3.25. The number of rotatable bonds is 5. The molecule has 1 unspecified atom stereocenters. The van der Waals surface area contributed by atoms with Crippen molar-refractivity contribution in [3.05, 3.63) is 23.8 Å². The van der Waals surface area contributed by atoms with Crippen LogP contribution in [0.1, 0.15) is 38.8 Å². The highest BCUT2D eigenvalue weighted by Gasteiger charge is 2.33. The van der Waals surface area contributed by atoms with Crippen LogP contribution in [-0.4, -0.2) is 30.5 Å². The Balaban J connectivity index is 2.26. The second-order valence-electron chi connectivity index (χ2n) is 5.45. The van der Waals surface area contributed by atoms with Crippen LogP contribution in [-0.2, 0) is 0 Å². The van der Waals surface area contributed by atoms with Crippen molar-refractivity contribution >= 4 is 0 Å². The summed E-state index contributed by atoms with van der Waals surface area (Å²) in [5, 5.41) is 12.3.